The largest absolute Gasteiger partial charge is 0.508 e. The van der Waals surface area contributed by atoms with Crippen LogP contribution in [0.15, 0.2) is 70.9 Å². The van der Waals surface area contributed by atoms with E-state index < -0.39 is 0 Å². The van der Waals surface area contributed by atoms with Gasteiger partial charge < -0.3 is 14.6 Å². The third kappa shape index (κ3) is 4.92. The first-order valence-electron chi connectivity index (χ1n) is 6.73. The maximum absolute atomic E-state index is 11.7. The molecule has 0 saturated heterocycles. The third-order valence-electron chi connectivity index (χ3n) is 2.79. The van der Waals surface area contributed by atoms with Crippen LogP contribution in [0.5, 0.6) is 0 Å². The molecule has 0 spiro atoms. The number of furan rings is 1. The molecule has 0 atom stereocenters. The Labute approximate surface area is 128 Å². The zero-order valence-electron chi connectivity index (χ0n) is 11.8. The Balaban J connectivity index is 1.96. The van der Waals surface area contributed by atoms with Crippen LogP contribution in [-0.2, 0) is 11.4 Å². The van der Waals surface area contributed by atoms with Crippen LogP contribution in [0, 0.1) is 0 Å². The van der Waals surface area contributed by atoms with Gasteiger partial charge in [-0.15, -0.1) is 0 Å². The van der Waals surface area contributed by atoms with Crippen LogP contribution < -0.4 is 0 Å². The lowest BCUT2D eigenvalue weighted by molar-refractivity contribution is -0.110. The molecule has 2 N–H and O–H groups in total. The maximum Gasteiger partial charge on any atom is 0.182 e. The average molecular weight is 296 g/mol. The number of carbonyl (C=O) groups is 1. The summed E-state index contributed by atoms with van der Waals surface area (Å²) in [5.41, 5.74) is 0.928. The SMILES string of the molecule is O=C(/C=C(O)/C=C/c1ccccc1)/C=C/c1ccc(CO)o1. The van der Waals surface area contributed by atoms with Gasteiger partial charge in [-0.25, -0.2) is 0 Å². The van der Waals surface area contributed by atoms with Crippen molar-refractivity contribution < 1.29 is 19.4 Å². The van der Waals surface area contributed by atoms with E-state index in [1.807, 2.05) is 30.3 Å². The first-order chi connectivity index (χ1) is 10.7. The molecule has 0 radical (unpaired) electrons. The van der Waals surface area contributed by atoms with Gasteiger partial charge in [0.25, 0.3) is 0 Å². The lowest BCUT2D eigenvalue weighted by Crippen LogP contribution is -1.88. The van der Waals surface area contributed by atoms with Crippen LogP contribution in [0.4, 0.5) is 0 Å². The molecule has 0 saturated carbocycles. The van der Waals surface area contributed by atoms with E-state index in [-0.39, 0.29) is 18.1 Å². The highest BCUT2D eigenvalue weighted by Gasteiger charge is 1.98. The Kier molecular flexibility index (Phi) is 5.51. The molecule has 0 unspecified atom stereocenters. The Morgan fingerprint density at radius 1 is 1.05 bits per heavy atom. The fraction of sp³-hybridized carbons (Fsp3) is 0.0556. The number of ketones is 1. The molecule has 22 heavy (non-hydrogen) atoms. The first-order valence-corrected chi connectivity index (χ1v) is 6.73. The summed E-state index contributed by atoms with van der Waals surface area (Å²) in [6, 6.07) is 12.7. The summed E-state index contributed by atoms with van der Waals surface area (Å²) in [5.74, 6) is 0.396. The van der Waals surface area contributed by atoms with Gasteiger partial charge in [0, 0.05) is 6.08 Å². The van der Waals surface area contributed by atoms with E-state index in [2.05, 4.69) is 0 Å². The van der Waals surface area contributed by atoms with Crippen LogP contribution in [0.2, 0.25) is 0 Å². The minimum atomic E-state index is -0.364. The summed E-state index contributed by atoms with van der Waals surface area (Å²) in [4.78, 5) is 11.7. The smallest absolute Gasteiger partial charge is 0.182 e. The number of allylic oxidation sites excluding steroid dienone is 3. The summed E-state index contributed by atoms with van der Waals surface area (Å²) in [5, 5.41) is 18.5. The number of aliphatic hydroxyl groups is 2. The molecule has 1 aromatic carbocycles. The highest BCUT2D eigenvalue weighted by Crippen LogP contribution is 2.09. The second kappa shape index (κ2) is 7.81. The second-order valence-electron chi connectivity index (χ2n) is 4.51. The molecule has 1 aromatic heterocycles. The van der Waals surface area contributed by atoms with Crippen LogP contribution in [0.3, 0.4) is 0 Å². The van der Waals surface area contributed by atoms with Gasteiger partial charge in [-0.1, -0.05) is 36.4 Å². The van der Waals surface area contributed by atoms with Gasteiger partial charge in [0.2, 0.25) is 0 Å². The van der Waals surface area contributed by atoms with Crippen molar-refractivity contribution in [3.63, 3.8) is 0 Å². The minimum Gasteiger partial charge on any atom is -0.508 e. The molecule has 0 aliphatic rings. The topological polar surface area (TPSA) is 70.7 Å². The average Bonchev–Trinajstić information content (AvgIpc) is 3.00. The summed E-state index contributed by atoms with van der Waals surface area (Å²) >= 11 is 0. The lowest BCUT2D eigenvalue weighted by Gasteiger charge is -1.92. The van der Waals surface area contributed by atoms with Crippen molar-refractivity contribution in [1.29, 1.82) is 0 Å². The predicted molar refractivity (Wildman–Crippen MR) is 84.9 cm³/mol. The summed E-state index contributed by atoms with van der Waals surface area (Å²) in [6.07, 6.45) is 7.05. The summed E-state index contributed by atoms with van der Waals surface area (Å²) < 4.78 is 5.21. The number of benzene rings is 1. The number of carbonyl (C=O) groups excluding carboxylic acids is 1. The van der Waals surface area contributed by atoms with Crippen molar-refractivity contribution in [2.75, 3.05) is 0 Å². The van der Waals surface area contributed by atoms with Crippen LogP contribution in [-0.4, -0.2) is 16.0 Å². The molecular formula is C18H16O4. The normalized spacial score (nSPS) is 12.3. The molecule has 1 heterocycles. The monoisotopic (exact) mass is 296 g/mol. The summed E-state index contributed by atoms with van der Waals surface area (Å²) in [7, 11) is 0. The highest BCUT2D eigenvalue weighted by molar-refractivity contribution is 6.02. The van der Waals surface area contributed by atoms with Crippen molar-refractivity contribution in [2.45, 2.75) is 6.61 Å². The van der Waals surface area contributed by atoms with Crippen LogP contribution in [0.25, 0.3) is 12.2 Å². The van der Waals surface area contributed by atoms with E-state index in [4.69, 9.17) is 9.52 Å². The van der Waals surface area contributed by atoms with Gasteiger partial charge in [0.1, 0.15) is 23.9 Å². The molecule has 4 heteroatoms. The first kappa shape index (κ1) is 15.5. The van der Waals surface area contributed by atoms with Gasteiger partial charge in [0.05, 0.1) is 0 Å². The lowest BCUT2D eigenvalue weighted by atomic mass is 10.2. The quantitative estimate of drug-likeness (QED) is 0.486. The van der Waals surface area contributed by atoms with Gasteiger partial charge in [-0.3, -0.25) is 4.79 Å². The number of aliphatic hydroxyl groups excluding tert-OH is 2. The third-order valence-corrected chi connectivity index (χ3v) is 2.79. The molecule has 2 rings (SSSR count). The molecule has 4 nitrogen and oxygen atoms in total. The van der Waals surface area contributed by atoms with E-state index >= 15 is 0 Å². The molecule has 0 bridgehead atoms. The zero-order valence-corrected chi connectivity index (χ0v) is 11.8. The van der Waals surface area contributed by atoms with E-state index in [1.54, 1.807) is 18.2 Å². The van der Waals surface area contributed by atoms with Crippen molar-refractivity contribution in [3.05, 3.63) is 83.5 Å². The molecule has 0 aliphatic heterocycles. The van der Waals surface area contributed by atoms with Gasteiger partial charge >= 0.3 is 0 Å². The molecule has 0 aliphatic carbocycles. The van der Waals surface area contributed by atoms with E-state index in [0.29, 0.717) is 11.5 Å². The molecule has 0 amide bonds. The number of rotatable bonds is 6. The minimum absolute atomic E-state index is 0.131. The van der Waals surface area contributed by atoms with E-state index in [1.165, 1.54) is 18.2 Å². The zero-order chi connectivity index (χ0) is 15.8. The Morgan fingerprint density at radius 2 is 1.82 bits per heavy atom. The Hall–Kier alpha value is -2.85. The number of hydrogen-bond acceptors (Lipinski definition) is 4. The molecular weight excluding hydrogens is 280 g/mol. The Morgan fingerprint density at radius 3 is 2.50 bits per heavy atom. The summed E-state index contributed by atoms with van der Waals surface area (Å²) in [6.45, 7) is -0.188. The van der Waals surface area contributed by atoms with Crippen LogP contribution in [0.1, 0.15) is 17.1 Å². The standard InChI is InChI=1S/C18H16O4/c19-13-18-11-10-17(22-18)9-8-16(21)12-15(20)7-6-14-4-2-1-3-5-14/h1-12,19-20H,13H2/b7-6+,9-8+,15-12-. The van der Waals surface area contributed by atoms with Gasteiger partial charge in [-0.2, -0.15) is 0 Å². The Bertz CT molecular complexity index is 706. The van der Waals surface area contributed by atoms with Crippen LogP contribution >= 0.6 is 0 Å². The van der Waals surface area contributed by atoms with E-state index in [9.17, 15) is 9.90 Å². The van der Waals surface area contributed by atoms with Gasteiger partial charge in [0.15, 0.2) is 5.78 Å². The second-order valence-corrected chi connectivity index (χ2v) is 4.51. The van der Waals surface area contributed by atoms with Crippen molar-refractivity contribution in [3.8, 4) is 0 Å². The fourth-order valence-electron chi connectivity index (χ4n) is 1.72. The van der Waals surface area contributed by atoms with Gasteiger partial charge in [-0.05, 0) is 35.9 Å². The number of hydrogen-bond donors (Lipinski definition) is 2. The molecule has 0 fully saturated rings. The van der Waals surface area contributed by atoms with Crippen molar-refractivity contribution >= 4 is 17.9 Å². The highest BCUT2D eigenvalue weighted by atomic mass is 16.4. The maximum atomic E-state index is 11.7. The molecule has 112 valence electrons. The van der Waals surface area contributed by atoms with Crippen molar-refractivity contribution in [2.24, 2.45) is 0 Å². The predicted octanol–water partition coefficient (Wildman–Crippen LogP) is 3.51. The molecule has 2 aromatic rings. The van der Waals surface area contributed by atoms with E-state index in [0.717, 1.165) is 11.6 Å². The fourth-order valence-corrected chi connectivity index (χ4v) is 1.72. The van der Waals surface area contributed by atoms with Crippen molar-refractivity contribution in [1.82, 2.24) is 0 Å².